The van der Waals surface area contributed by atoms with Gasteiger partial charge in [-0.25, -0.2) is 9.67 Å². The first-order chi connectivity index (χ1) is 12.5. The van der Waals surface area contributed by atoms with E-state index in [9.17, 15) is 9.59 Å². The lowest BCUT2D eigenvalue weighted by Crippen LogP contribution is -2.29. The molecule has 0 bridgehead atoms. The maximum atomic E-state index is 12.2. The third-order valence-electron chi connectivity index (χ3n) is 3.68. The highest BCUT2D eigenvalue weighted by Gasteiger charge is 2.09. The van der Waals surface area contributed by atoms with E-state index in [1.807, 2.05) is 37.3 Å². The third-order valence-corrected chi connectivity index (χ3v) is 3.68. The maximum Gasteiger partial charge on any atom is 0.267 e. The van der Waals surface area contributed by atoms with Crippen LogP contribution in [0.1, 0.15) is 5.69 Å². The van der Waals surface area contributed by atoms with Crippen LogP contribution in [0, 0.1) is 6.92 Å². The van der Waals surface area contributed by atoms with Gasteiger partial charge >= 0.3 is 0 Å². The van der Waals surface area contributed by atoms with Crippen molar-refractivity contribution in [3.8, 4) is 17.0 Å². The quantitative estimate of drug-likeness (QED) is 0.763. The van der Waals surface area contributed by atoms with Gasteiger partial charge in [-0.15, -0.1) is 0 Å². The van der Waals surface area contributed by atoms with Gasteiger partial charge in [0.15, 0.2) is 0 Å². The molecule has 0 saturated carbocycles. The Bertz CT molecular complexity index is 998. The molecule has 0 aliphatic rings. The van der Waals surface area contributed by atoms with E-state index in [0.29, 0.717) is 17.3 Å². The molecule has 26 heavy (non-hydrogen) atoms. The largest absolute Gasteiger partial charge is 0.497 e. The predicted molar refractivity (Wildman–Crippen MR) is 98.1 cm³/mol. The first kappa shape index (κ1) is 17.3. The topological polar surface area (TPSA) is 86.1 Å². The Hall–Kier alpha value is -3.48. The van der Waals surface area contributed by atoms with Crippen molar-refractivity contribution in [2.24, 2.45) is 0 Å². The van der Waals surface area contributed by atoms with E-state index in [2.05, 4.69) is 15.4 Å². The monoisotopic (exact) mass is 350 g/mol. The number of ether oxygens (including phenoxy) is 1. The van der Waals surface area contributed by atoms with Gasteiger partial charge in [0.25, 0.3) is 5.56 Å². The lowest BCUT2D eigenvalue weighted by Gasteiger charge is -2.09. The molecule has 3 rings (SSSR count). The van der Waals surface area contributed by atoms with Crippen molar-refractivity contribution in [3.63, 3.8) is 0 Å². The number of anilines is 1. The van der Waals surface area contributed by atoms with Gasteiger partial charge in [-0.2, -0.15) is 5.10 Å². The number of methoxy groups -OCH3 is 1. The molecule has 132 valence electrons. The highest BCUT2D eigenvalue weighted by atomic mass is 16.5. The number of pyridine rings is 1. The fourth-order valence-electron chi connectivity index (χ4n) is 2.43. The summed E-state index contributed by atoms with van der Waals surface area (Å²) in [4.78, 5) is 28.5. The van der Waals surface area contributed by atoms with Crippen LogP contribution in [0.2, 0.25) is 0 Å². The molecule has 0 radical (unpaired) electrons. The highest BCUT2D eigenvalue weighted by Crippen LogP contribution is 2.21. The molecule has 0 aliphatic heterocycles. The van der Waals surface area contributed by atoms with Crippen LogP contribution in [-0.4, -0.2) is 27.8 Å². The molecule has 0 unspecified atom stereocenters. The van der Waals surface area contributed by atoms with E-state index in [1.165, 1.54) is 6.07 Å². The zero-order valence-electron chi connectivity index (χ0n) is 14.5. The molecule has 0 aliphatic carbocycles. The second kappa shape index (κ2) is 7.60. The summed E-state index contributed by atoms with van der Waals surface area (Å²) in [5, 5.41) is 6.95. The van der Waals surface area contributed by atoms with Gasteiger partial charge in [0.05, 0.1) is 12.8 Å². The Labute approximate surface area is 150 Å². The number of hydrogen-bond donors (Lipinski definition) is 1. The van der Waals surface area contributed by atoms with Crippen LogP contribution in [0.3, 0.4) is 0 Å². The summed E-state index contributed by atoms with van der Waals surface area (Å²) in [6.45, 7) is 1.63. The van der Waals surface area contributed by atoms with Crippen LogP contribution in [-0.2, 0) is 11.3 Å². The molecule has 7 heteroatoms. The van der Waals surface area contributed by atoms with E-state index in [-0.39, 0.29) is 18.0 Å². The zero-order chi connectivity index (χ0) is 18.5. The van der Waals surface area contributed by atoms with Gasteiger partial charge in [-0.3, -0.25) is 9.59 Å². The van der Waals surface area contributed by atoms with Gasteiger partial charge in [0.1, 0.15) is 18.1 Å². The SMILES string of the molecule is COc1cccc(-c2ccc(=O)n(CC(=O)Nc3cccc(C)n3)n2)c1. The van der Waals surface area contributed by atoms with Crippen molar-refractivity contribution in [2.45, 2.75) is 13.5 Å². The predicted octanol–water partition coefficient (Wildman–Crippen LogP) is 2.26. The summed E-state index contributed by atoms with van der Waals surface area (Å²) in [7, 11) is 1.58. The summed E-state index contributed by atoms with van der Waals surface area (Å²) in [5.41, 5.74) is 1.80. The molecule has 0 atom stereocenters. The van der Waals surface area contributed by atoms with Gasteiger partial charge < -0.3 is 10.1 Å². The van der Waals surface area contributed by atoms with Crippen molar-refractivity contribution >= 4 is 11.7 Å². The standard InChI is InChI=1S/C19H18N4O3/c1-13-5-3-8-17(20-13)21-18(24)12-23-19(25)10-9-16(22-23)14-6-4-7-15(11-14)26-2/h3-11H,12H2,1-2H3,(H,20,21,24). The third kappa shape index (κ3) is 4.13. The average molecular weight is 350 g/mol. The highest BCUT2D eigenvalue weighted by molar-refractivity contribution is 5.89. The number of aryl methyl sites for hydroxylation is 1. The number of nitrogens with zero attached hydrogens (tertiary/aromatic N) is 3. The lowest BCUT2D eigenvalue weighted by atomic mass is 10.1. The van der Waals surface area contributed by atoms with Crippen LogP contribution in [0.4, 0.5) is 5.82 Å². The zero-order valence-corrected chi connectivity index (χ0v) is 14.5. The van der Waals surface area contributed by atoms with Crippen molar-refractivity contribution in [3.05, 3.63) is 70.6 Å². The molecule has 1 N–H and O–H groups in total. The van der Waals surface area contributed by atoms with Gasteiger partial charge in [-0.1, -0.05) is 18.2 Å². The van der Waals surface area contributed by atoms with E-state index < -0.39 is 0 Å². The molecule has 3 aromatic rings. The number of carbonyl (C=O) groups excluding carboxylic acids is 1. The minimum Gasteiger partial charge on any atom is -0.497 e. The summed E-state index contributed by atoms with van der Waals surface area (Å²) in [6, 6.07) is 15.7. The fourth-order valence-corrected chi connectivity index (χ4v) is 2.43. The minimum absolute atomic E-state index is 0.202. The summed E-state index contributed by atoms with van der Waals surface area (Å²) in [5.74, 6) is 0.748. The molecule has 1 aromatic carbocycles. The number of carbonyl (C=O) groups is 1. The second-order valence-corrected chi connectivity index (χ2v) is 5.66. The lowest BCUT2D eigenvalue weighted by molar-refractivity contribution is -0.117. The van der Waals surface area contributed by atoms with Crippen molar-refractivity contribution in [1.29, 1.82) is 0 Å². The molecular formula is C19H18N4O3. The number of aromatic nitrogens is 3. The Morgan fingerprint density at radius 3 is 2.73 bits per heavy atom. The number of amides is 1. The maximum absolute atomic E-state index is 12.2. The molecule has 0 fully saturated rings. The number of hydrogen-bond acceptors (Lipinski definition) is 5. The van der Waals surface area contributed by atoms with Crippen LogP contribution >= 0.6 is 0 Å². The summed E-state index contributed by atoms with van der Waals surface area (Å²) in [6.07, 6.45) is 0. The number of rotatable bonds is 5. The van der Waals surface area contributed by atoms with E-state index in [4.69, 9.17) is 4.74 Å². The Morgan fingerprint density at radius 2 is 1.96 bits per heavy atom. The molecule has 0 spiro atoms. The Morgan fingerprint density at radius 1 is 1.15 bits per heavy atom. The molecule has 2 aromatic heterocycles. The number of benzene rings is 1. The number of nitrogens with one attached hydrogen (secondary N) is 1. The van der Waals surface area contributed by atoms with E-state index >= 15 is 0 Å². The van der Waals surface area contributed by atoms with Gasteiger partial charge in [0.2, 0.25) is 5.91 Å². The average Bonchev–Trinajstić information content (AvgIpc) is 2.63. The second-order valence-electron chi connectivity index (χ2n) is 5.66. The normalized spacial score (nSPS) is 10.4. The molecular weight excluding hydrogens is 332 g/mol. The van der Waals surface area contributed by atoms with Crippen molar-refractivity contribution in [1.82, 2.24) is 14.8 Å². The van der Waals surface area contributed by atoms with E-state index in [0.717, 1.165) is 15.9 Å². The summed E-state index contributed by atoms with van der Waals surface area (Å²) < 4.78 is 6.33. The van der Waals surface area contributed by atoms with Crippen molar-refractivity contribution < 1.29 is 9.53 Å². The van der Waals surface area contributed by atoms with Crippen molar-refractivity contribution in [2.75, 3.05) is 12.4 Å². The van der Waals surface area contributed by atoms with Gasteiger partial charge in [-0.05, 0) is 37.3 Å². The summed E-state index contributed by atoms with van der Waals surface area (Å²) >= 11 is 0. The smallest absolute Gasteiger partial charge is 0.267 e. The first-order valence-corrected chi connectivity index (χ1v) is 8.01. The van der Waals surface area contributed by atoms with Crippen LogP contribution < -0.4 is 15.6 Å². The Kier molecular flexibility index (Phi) is 5.07. The molecule has 2 heterocycles. The molecule has 1 amide bonds. The van der Waals surface area contributed by atoms with Crippen LogP contribution in [0.25, 0.3) is 11.3 Å². The van der Waals surface area contributed by atoms with Crippen LogP contribution in [0.15, 0.2) is 59.4 Å². The molecule has 0 saturated heterocycles. The Balaban J connectivity index is 1.81. The minimum atomic E-state index is -0.375. The molecule has 7 nitrogen and oxygen atoms in total. The van der Waals surface area contributed by atoms with E-state index in [1.54, 1.807) is 25.3 Å². The first-order valence-electron chi connectivity index (χ1n) is 8.01. The fraction of sp³-hybridized carbons (Fsp3) is 0.158. The van der Waals surface area contributed by atoms with Crippen LogP contribution in [0.5, 0.6) is 5.75 Å². The van der Waals surface area contributed by atoms with Gasteiger partial charge in [0, 0.05) is 17.3 Å².